The molecule has 0 aromatic heterocycles. The zero-order chi connectivity index (χ0) is 14.5. The maximum absolute atomic E-state index is 12.1. The van der Waals surface area contributed by atoms with E-state index in [-0.39, 0.29) is 11.9 Å². The predicted octanol–water partition coefficient (Wildman–Crippen LogP) is 0.482. The summed E-state index contributed by atoms with van der Waals surface area (Å²) < 4.78 is 5.39. The van der Waals surface area contributed by atoms with Crippen molar-refractivity contribution in [3.63, 3.8) is 0 Å². The van der Waals surface area contributed by atoms with E-state index in [1.165, 1.54) is 0 Å². The van der Waals surface area contributed by atoms with Crippen molar-refractivity contribution in [3.05, 3.63) is 23.8 Å². The van der Waals surface area contributed by atoms with Crippen LogP contribution in [0.3, 0.4) is 0 Å². The summed E-state index contributed by atoms with van der Waals surface area (Å²) in [6, 6.07) is 6.89. The molecule has 1 aliphatic rings. The van der Waals surface area contributed by atoms with Crippen LogP contribution in [-0.2, 0) is 9.53 Å². The Balaban J connectivity index is 2.26. The summed E-state index contributed by atoms with van der Waals surface area (Å²) in [6.45, 7) is 4.00. The number of benzene rings is 1. The molecule has 0 saturated carbocycles. The number of morpholine rings is 1. The van der Waals surface area contributed by atoms with Crippen molar-refractivity contribution in [2.75, 3.05) is 36.9 Å². The molecule has 6 nitrogen and oxygen atoms in total. The molecule has 1 heterocycles. The molecule has 1 amide bonds. The van der Waals surface area contributed by atoms with Crippen molar-refractivity contribution in [1.29, 1.82) is 5.26 Å². The number of likely N-dealkylation sites (N-methyl/N-ethyl adjacent to an activating group) is 1. The molecule has 1 aromatic carbocycles. The molecule has 0 bridgehead atoms. The second-order valence-electron chi connectivity index (χ2n) is 4.56. The van der Waals surface area contributed by atoms with Crippen molar-refractivity contribution in [1.82, 2.24) is 5.32 Å². The fraction of sp³-hybridized carbons (Fsp3) is 0.429. The fourth-order valence-electron chi connectivity index (χ4n) is 2.25. The lowest BCUT2D eigenvalue weighted by Gasteiger charge is -2.36. The third-order valence-electron chi connectivity index (χ3n) is 3.27. The third kappa shape index (κ3) is 2.83. The molecule has 1 aromatic rings. The standard InChI is InChI=1S/C14H18N4O2/c1-2-17-14(19)13-9-20-6-5-18(13)11-4-3-10(8-15)12(16)7-11/h3-4,7,13H,2,5-6,9,16H2,1H3,(H,17,19). The number of carbonyl (C=O) groups excluding carboxylic acids is 1. The summed E-state index contributed by atoms with van der Waals surface area (Å²) in [4.78, 5) is 14.0. The van der Waals surface area contributed by atoms with Crippen LogP contribution in [0.4, 0.5) is 11.4 Å². The minimum Gasteiger partial charge on any atom is -0.398 e. The molecule has 1 atom stereocenters. The Morgan fingerprint density at radius 1 is 1.65 bits per heavy atom. The molecular weight excluding hydrogens is 256 g/mol. The van der Waals surface area contributed by atoms with E-state index in [0.29, 0.717) is 37.6 Å². The molecule has 3 N–H and O–H groups in total. The molecule has 1 fully saturated rings. The van der Waals surface area contributed by atoms with Gasteiger partial charge in [-0.2, -0.15) is 5.26 Å². The van der Waals surface area contributed by atoms with Gasteiger partial charge in [-0.3, -0.25) is 4.79 Å². The number of amides is 1. The highest BCUT2D eigenvalue weighted by Crippen LogP contribution is 2.24. The van der Waals surface area contributed by atoms with E-state index in [9.17, 15) is 4.79 Å². The molecule has 0 radical (unpaired) electrons. The van der Waals surface area contributed by atoms with Gasteiger partial charge in [0.2, 0.25) is 5.91 Å². The number of nitrogen functional groups attached to an aromatic ring is 1. The van der Waals surface area contributed by atoms with Gasteiger partial charge in [0.15, 0.2) is 0 Å². The zero-order valence-electron chi connectivity index (χ0n) is 11.4. The highest BCUT2D eigenvalue weighted by atomic mass is 16.5. The van der Waals surface area contributed by atoms with Crippen molar-refractivity contribution < 1.29 is 9.53 Å². The summed E-state index contributed by atoms with van der Waals surface area (Å²) in [6.07, 6.45) is 0. The number of rotatable bonds is 3. The van der Waals surface area contributed by atoms with Crippen molar-refractivity contribution in [3.8, 4) is 6.07 Å². The van der Waals surface area contributed by atoms with Gasteiger partial charge in [-0.1, -0.05) is 0 Å². The van der Waals surface area contributed by atoms with Gasteiger partial charge < -0.3 is 20.7 Å². The molecule has 106 valence electrons. The van der Waals surface area contributed by atoms with Crippen LogP contribution in [0.5, 0.6) is 0 Å². The SMILES string of the molecule is CCNC(=O)C1COCCN1c1ccc(C#N)c(N)c1. The number of carbonyl (C=O) groups is 1. The van der Waals surface area contributed by atoms with E-state index in [1.807, 2.05) is 24.0 Å². The predicted molar refractivity (Wildman–Crippen MR) is 76.2 cm³/mol. The highest BCUT2D eigenvalue weighted by molar-refractivity contribution is 5.86. The van der Waals surface area contributed by atoms with Crippen LogP contribution >= 0.6 is 0 Å². The van der Waals surface area contributed by atoms with Gasteiger partial charge in [-0.25, -0.2) is 0 Å². The molecule has 1 unspecified atom stereocenters. The summed E-state index contributed by atoms with van der Waals surface area (Å²) in [7, 11) is 0. The molecule has 0 spiro atoms. The Kier molecular flexibility index (Phi) is 4.43. The van der Waals surface area contributed by atoms with E-state index < -0.39 is 0 Å². The lowest BCUT2D eigenvalue weighted by Crippen LogP contribution is -2.54. The van der Waals surface area contributed by atoms with E-state index in [4.69, 9.17) is 15.7 Å². The number of hydrogen-bond acceptors (Lipinski definition) is 5. The summed E-state index contributed by atoms with van der Waals surface area (Å²) >= 11 is 0. The number of nitriles is 1. The molecule has 0 aliphatic carbocycles. The highest BCUT2D eigenvalue weighted by Gasteiger charge is 2.29. The Hall–Kier alpha value is -2.26. The van der Waals surface area contributed by atoms with Gasteiger partial charge in [0.1, 0.15) is 12.1 Å². The molecular formula is C14H18N4O2. The number of anilines is 2. The Morgan fingerprint density at radius 2 is 2.45 bits per heavy atom. The summed E-state index contributed by atoms with van der Waals surface area (Å²) in [5.74, 6) is -0.0601. The minimum absolute atomic E-state index is 0.0601. The van der Waals surface area contributed by atoms with Gasteiger partial charge >= 0.3 is 0 Å². The van der Waals surface area contributed by atoms with E-state index >= 15 is 0 Å². The van der Waals surface area contributed by atoms with Crippen LogP contribution in [0.1, 0.15) is 12.5 Å². The van der Waals surface area contributed by atoms with Gasteiger partial charge in [-0.15, -0.1) is 0 Å². The molecule has 2 rings (SSSR count). The molecule has 20 heavy (non-hydrogen) atoms. The summed E-state index contributed by atoms with van der Waals surface area (Å²) in [5.41, 5.74) is 7.54. The average molecular weight is 274 g/mol. The third-order valence-corrected chi connectivity index (χ3v) is 3.27. The first kappa shape index (κ1) is 14.2. The van der Waals surface area contributed by atoms with Crippen LogP contribution in [0.2, 0.25) is 0 Å². The average Bonchev–Trinajstić information content (AvgIpc) is 2.47. The largest absolute Gasteiger partial charge is 0.398 e. The number of hydrogen-bond donors (Lipinski definition) is 2. The quantitative estimate of drug-likeness (QED) is 0.782. The van der Waals surface area contributed by atoms with Crippen LogP contribution in [0.15, 0.2) is 18.2 Å². The maximum atomic E-state index is 12.1. The lowest BCUT2D eigenvalue weighted by molar-refractivity contribution is -0.124. The van der Waals surface area contributed by atoms with Crippen LogP contribution < -0.4 is 16.0 Å². The van der Waals surface area contributed by atoms with Crippen molar-refractivity contribution in [2.45, 2.75) is 13.0 Å². The van der Waals surface area contributed by atoms with E-state index in [2.05, 4.69) is 5.32 Å². The van der Waals surface area contributed by atoms with Crippen molar-refractivity contribution in [2.24, 2.45) is 0 Å². The van der Waals surface area contributed by atoms with Crippen molar-refractivity contribution >= 4 is 17.3 Å². The van der Waals surface area contributed by atoms with Gasteiger partial charge in [0, 0.05) is 18.8 Å². The van der Waals surface area contributed by atoms with Crippen LogP contribution in [0.25, 0.3) is 0 Å². The first-order valence-corrected chi connectivity index (χ1v) is 6.59. The zero-order valence-corrected chi connectivity index (χ0v) is 11.4. The number of nitrogens with one attached hydrogen (secondary N) is 1. The Labute approximate surface area is 118 Å². The van der Waals surface area contributed by atoms with E-state index in [1.54, 1.807) is 12.1 Å². The number of nitrogens with two attached hydrogens (primary N) is 1. The fourth-order valence-corrected chi connectivity index (χ4v) is 2.25. The van der Waals surface area contributed by atoms with Gasteiger partial charge in [-0.05, 0) is 25.1 Å². The van der Waals surface area contributed by atoms with E-state index in [0.717, 1.165) is 5.69 Å². The lowest BCUT2D eigenvalue weighted by atomic mass is 10.1. The maximum Gasteiger partial charge on any atom is 0.245 e. The number of ether oxygens (including phenoxy) is 1. The molecule has 1 aliphatic heterocycles. The second-order valence-corrected chi connectivity index (χ2v) is 4.56. The Bertz CT molecular complexity index is 538. The normalized spacial score (nSPS) is 18.4. The smallest absolute Gasteiger partial charge is 0.245 e. The molecule has 1 saturated heterocycles. The van der Waals surface area contributed by atoms with Gasteiger partial charge in [0.05, 0.1) is 24.5 Å². The first-order valence-electron chi connectivity index (χ1n) is 6.59. The topological polar surface area (TPSA) is 91.4 Å². The first-order chi connectivity index (χ1) is 9.67. The summed E-state index contributed by atoms with van der Waals surface area (Å²) in [5, 5.41) is 11.7. The second kappa shape index (κ2) is 6.26. The Morgan fingerprint density at radius 3 is 3.10 bits per heavy atom. The monoisotopic (exact) mass is 274 g/mol. The van der Waals surface area contributed by atoms with Crippen LogP contribution in [0, 0.1) is 11.3 Å². The molecule has 6 heteroatoms. The minimum atomic E-state index is -0.365. The van der Waals surface area contributed by atoms with Gasteiger partial charge in [0.25, 0.3) is 0 Å². The number of nitrogens with zero attached hydrogens (tertiary/aromatic N) is 2. The van der Waals surface area contributed by atoms with Crippen LogP contribution in [-0.4, -0.2) is 38.3 Å².